The number of hydrogen-bond acceptors (Lipinski definition) is 4. The number of benzene rings is 3. The lowest BCUT2D eigenvalue weighted by atomic mass is 9.99. The molecule has 0 saturated carbocycles. The Hall–Kier alpha value is -3.64. The summed E-state index contributed by atoms with van der Waals surface area (Å²) in [5.74, 6) is 0.515. The monoisotopic (exact) mass is 471 g/mol. The highest BCUT2D eigenvalue weighted by Gasteiger charge is 2.16. The maximum absolute atomic E-state index is 12.7. The highest BCUT2D eigenvalue weighted by molar-refractivity contribution is 5.95. The van der Waals surface area contributed by atoms with Gasteiger partial charge in [-0.15, -0.1) is 0 Å². The minimum Gasteiger partial charge on any atom is -0.488 e. The summed E-state index contributed by atoms with van der Waals surface area (Å²) in [6.45, 7) is 6.33. The Labute approximate surface area is 207 Å². The fourth-order valence-corrected chi connectivity index (χ4v) is 4.49. The van der Waals surface area contributed by atoms with E-state index in [-0.39, 0.29) is 12.5 Å². The summed E-state index contributed by atoms with van der Waals surface area (Å²) < 4.78 is 5.78. The van der Waals surface area contributed by atoms with Crippen LogP contribution in [0.2, 0.25) is 0 Å². The number of piperidine rings is 1. The Morgan fingerprint density at radius 2 is 1.77 bits per heavy atom. The number of nitrogens with zero attached hydrogens (tertiary/aromatic N) is 1. The van der Waals surface area contributed by atoms with Crippen molar-refractivity contribution in [1.29, 1.82) is 0 Å². The Morgan fingerprint density at radius 3 is 2.54 bits per heavy atom. The molecule has 6 nitrogen and oxygen atoms in total. The Bertz CT molecular complexity index is 1160. The third-order valence-electron chi connectivity index (χ3n) is 6.36. The van der Waals surface area contributed by atoms with E-state index in [9.17, 15) is 9.59 Å². The molecule has 1 unspecified atom stereocenters. The summed E-state index contributed by atoms with van der Waals surface area (Å²) in [4.78, 5) is 26.8. The van der Waals surface area contributed by atoms with Gasteiger partial charge in [-0.1, -0.05) is 55.5 Å². The topological polar surface area (TPSA) is 84.7 Å². The Kier molecular flexibility index (Phi) is 8.16. The molecular weight excluding hydrogens is 438 g/mol. The van der Waals surface area contributed by atoms with Crippen molar-refractivity contribution in [1.82, 2.24) is 10.2 Å². The lowest BCUT2D eigenvalue weighted by molar-refractivity contribution is 0.0949. The van der Waals surface area contributed by atoms with Crippen molar-refractivity contribution in [2.24, 2.45) is 11.7 Å². The second-order valence-corrected chi connectivity index (χ2v) is 9.33. The normalized spacial score (nSPS) is 16.0. The third-order valence-corrected chi connectivity index (χ3v) is 6.36. The zero-order valence-corrected chi connectivity index (χ0v) is 20.2. The van der Waals surface area contributed by atoms with E-state index in [1.165, 1.54) is 31.5 Å². The van der Waals surface area contributed by atoms with Crippen LogP contribution in [0.25, 0.3) is 0 Å². The van der Waals surface area contributed by atoms with E-state index in [4.69, 9.17) is 10.5 Å². The molecule has 3 aromatic carbocycles. The van der Waals surface area contributed by atoms with Gasteiger partial charge < -0.3 is 15.8 Å². The summed E-state index contributed by atoms with van der Waals surface area (Å²) in [6.07, 6.45) is 2.60. The number of likely N-dealkylation sites (tertiary alicyclic amines) is 1. The third kappa shape index (κ3) is 6.93. The van der Waals surface area contributed by atoms with E-state index in [0.29, 0.717) is 23.4 Å². The summed E-state index contributed by atoms with van der Waals surface area (Å²) >= 11 is 0. The van der Waals surface area contributed by atoms with Gasteiger partial charge in [-0.05, 0) is 66.3 Å². The number of nitrogens with one attached hydrogen (secondary N) is 1. The van der Waals surface area contributed by atoms with Gasteiger partial charge >= 0.3 is 0 Å². The molecule has 0 aliphatic carbocycles. The second kappa shape index (κ2) is 11.7. The van der Waals surface area contributed by atoms with Crippen LogP contribution in [0.5, 0.6) is 5.75 Å². The quantitative estimate of drug-likeness (QED) is 0.480. The molecular formula is C29H33N3O3. The molecule has 1 fully saturated rings. The summed E-state index contributed by atoms with van der Waals surface area (Å²) in [5, 5.41) is 3.00. The molecule has 1 heterocycles. The van der Waals surface area contributed by atoms with Crippen LogP contribution in [-0.2, 0) is 19.7 Å². The standard InChI is InChI=1S/C29H33N3O3/c1-21-6-5-15-32(18-21)19-23-13-11-22(12-14-23)17-31-29(34)25-8-4-7-24(16-25)20-35-27-10-3-2-9-26(27)28(30)33/h2-4,7-14,16,21H,5-6,15,17-20H2,1H3,(H2,30,33)(H,31,34). The van der Waals surface area contributed by atoms with Crippen molar-refractivity contribution in [3.8, 4) is 5.75 Å². The van der Waals surface area contributed by atoms with Gasteiger partial charge in [0.25, 0.3) is 11.8 Å². The molecule has 1 atom stereocenters. The molecule has 1 aliphatic rings. The van der Waals surface area contributed by atoms with Crippen LogP contribution in [0.15, 0.2) is 72.8 Å². The van der Waals surface area contributed by atoms with Crippen LogP contribution in [0.1, 0.15) is 57.2 Å². The van der Waals surface area contributed by atoms with E-state index >= 15 is 0 Å². The van der Waals surface area contributed by atoms with Gasteiger partial charge in [-0.2, -0.15) is 0 Å². The van der Waals surface area contributed by atoms with Crippen LogP contribution in [0, 0.1) is 5.92 Å². The summed E-state index contributed by atoms with van der Waals surface area (Å²) in [5.41, 5.74) is 9.50. The molecule has 1 aliphatic heterocycles. The zero-order valence-electron chi connectivity index (χ0n) is 20.2. The number of hydrogen-bond donors (Lipinski definition) is 2. The number of nitrogens with two attached hydrogens (primary N) is 1. The van der Waals surface area contributed by atoms with Gasteiger partial charge in [-0.3, -0.25) is 14.5 Å². The predicted molar refractivity (Wildman–Crippen MR) is 137 cm³/mol. The molecule has 6 heteroatoms. The minimum atomic E-state index is -0.539. The summed E-state index contributed by atoms with van der Waals surface area (Å²) in [6, 6.07) is 22.6. The zero-order chi connectivity index (χ0) is 24.6. The maximum atomic E-state index is 12.7. The fourth-order valence-electron chi connectivity index (χ4n) is 4.49. The molecule has 4 rings (SSSR count). The smallest absolute Gasteiger partial charge is 0.252 e. The van der Waals surface area contributed by atoms with Gasteiger partial charge in [0.1, 0.15) is 12.4 Å². The van der Waals surface area contributed by atoms with Crippen LogP contribution < -0.4 is 15.8 Å². The van der Waals surface area contributed by atoms with Crippen LogP contribution in [0.3, 0.4) is 0 Å². The lowest BCUT2D eigenvalue weighted by Gasteiger charge is -2.30. The minimum absolute atomic E-state index is 0.143. The van der Waals surface area contributed by atoms with Crippen molar-refractivity contribution < 1.29 is 14.3 Å². The van der Waals surface area contributed by atoms with Crippen molar-refractivity contribution in [2.75, 3.05) is 13.1 Å². The van der Waals surface area contributed by atoms with Crippen LogP contribution in [0.4, 0.5) is 0 Å². The van der Waals surface area contributed by atoms with E-state index in [1.54, 1.807) is 36.4 Å². The average Bonchev–Trinajstić information content (AvgIpc) is 2.87. The van der Waals surface area contributed by atoms with Crippen molar-refractivity contribution >= 4 is 11.8 Å². The van der Waals surface area contributed by atoms with Gasteiger partial charge in [0, 0.05) is 25.2 Å². The van der Waals surface area contributed by atoms with Gasteiger partial charge in [0.15, 0.2) is 0 Å². The molecule has 0 radical (unpaired) electrons. The van der Waals surface area contributed by atoms with Crippen LogP contribution >= 0.6 is 0 Å². The molecule has 182 valence electrons. The number of carbonyl (C=O) groups excluding carboxylic acids is 2. The molecule has 0 bridgehead atoms. The van der Waals surface area contributed by atoms with E-state index in [0.717, 1.165) is 23.6 Å². The van der Waals surface area contributed by atoms with E-state index < -0.39 is 5.91 Å². The number of primary amides is 1. The average molecular weight is 472 g/mol. The molecule has 35 heavy (non-hydrogen) atoms. The van der Waals surface area contributed by atoms with Gasteiger partial charge in [-0.25, -0.2) is 0 Å². The molecule has 2 amide bonds. The van der Waals surface area contributed by atoms with Crippen LogP contribution in [-0.4, -0.2) is 29.8 Å². The number of amides is 2. The summed E-state index contributed by atoms with van der Waals surface area (Å²) in [7, 11) is 0. The molecule has 0 aromatic heterocycles. The largest absolute Gasteiger partial charge is 0.488 e. The van der Waals surface area contributed by atoms with Crippen molar-refractivity contribution in [3.05, 3.63) is 101 Å². The molecule has 3 N–H and O–H groups in total. The first kappa shape index (κ1) is 24.5. The Morgan fingerprint density at radius 1 is 1.00 bits per heavy atom. The molecule has 1 saturated heterocycles. The van der Waals surface area contributed by atoms with E-state index in [1.807, 2.05) is 12.1 Å². The number of ether oxygens (including phenoxy) is 1. The maximum Gasteiger partial charge on any atom is 0.252 e. The predicted octanol–water partition coefficient (Wildman–Crippen LogP) is 4.53. The number of para-hydroxylation sites is 1. The first-order valence-electron chi connectivity index (χ1n) is 12.2. The fraction of sp³-hybridized carbons (Fsp3) is 0.310. The molecule has 0 spiro atoms. The SMILES string of the molecule is CC1CCCN(Cc2ccc(CNC(=O)c3cccc(COc4ccccc4C(N)=O)c3)cc2)C1. The Balaban J connectivity index is 1.29. The lowest BCUT2D eigenvalue weighted by Crippen LogP contribution is -2.33. The highest BCUT2D eigenvalue weighted by atomic mass is 16.5. The number of rotatable bonds is 9. The second-order valence-electron chi connectivity index (χ2n) is 9.33. The number of carbonyl (C=O) groups is 2. The van der Waals surface area contributed by atoms with E-state index in [2.05, 4.69) is 41.4 Å². The highest BCUT2D eigenvalue weighted by Crippen LogP contribution is 2.20. The van der Waals surface area contributed by atoms with Gasteiger partial charge in [0.05, 0.1) is 5.56 Å². The molecule has 3 aromatic rings. The first-order chi connectivity index (χ1) is 17.0. The van der Waals surface area contributed by atoms with Crippen molar-refractivity contribution in [3.63, 3.8) is 0 Å². The van der Waals surface area contributed by atoms with Gasteiger partial charge in [0.2, 0.25) is 0 Å². The van der Waals surface area contributed by atoms with Crippen molar-refractivity contribution in [2.45, 2.75) is 39.5 Å². The first-order valence-corrected chi connectivity index (χ1v) is 12.2.